The van der Waals surface area contributed by atoms with Crippen LogP contribution in [0, 0.1) is 11.2 Å². The van der Waals surface area contributed by atoms with Gasteiger partial charge in [-0.1, -0.05) is 62.2 Å². The van der Waals surface area contributed by atoms with Gasteiger partial charge in [-0.3, -0.25) is 15.4 Å². The van der Waals surface area contributed by atoms with E-state index >= 15 is 4.39 Å². The highest BCUT2D eigenvalue weighted by Gasteiger charge is 2.66. The maximum Gasteiger partial charge on any atom is 0.413 e. The zero-order valence-electron chi connectivity index (χ0n) is 26.6. The Balaban J connectivity index is 1.36. The van der Waals surface area contributed by atoms with Crippen molar-refractivity contribution in [1.82, 2.24) is 5.32 Å². The lowest BCUT2D eigenvalue weighted by atomic mass is 9.63. The number of rotatable bonds is 7. The molecule has 0 saturated carbocycles. The van der Waals surface area contributed by atoms with Crippen molar-refractivity contribution < 1.29 is 32.9 Å². The van der Waals surface area contributed by atoms with Crippen LogP contribution in [0.2, 0.25) is 10.0 Å². The molecule has 3 aliphatic rings. The third-order valence-corrected chi connectivity index (χ3v) is 9.53. The van der Waals surface area contributed by atoms with Crippen LogP contribution in [0.5, 0.6) is 11.5 Å². The van der Waals surface area contributed by atoms with Crippen LogP contribution in [0.4, 0.5) is 20.6 Å². The van der Waals surface area contributed by atoms with Gasteiger partial charge in [0.15, 0.2) is 6.23 Å². The number of amides is 2. The van der Waals surface area contributed by atoms with Gasteiger partial charge in [0.1, 0.15) is 28.8 Å². The van der Waals surface area contributed by atoms with Gasteiger partial charge in [0.2, 0.25) is 5.91 Å². The molecule has 3 aliphatic heterocycles. The number of nitrogens with one attached hydrogen (secondary N) is 3. The summed E-state index contributed by atoms with van der Waals surface area (Å²) in [7, 11) is 1.49. The highest BCUT2D eigenvalue weighted by atomic mass is 35.5. The Morgan fingerprint density at radius 1 is 1.11 bits per heavy atom. The third-order valence-electron chi connectivity index (χ3n) is 9.01. The molecule has 250 valence electrons. The molecule has 2 fully saturated rings. The number of carbonyl (C=O) groups is 2. The Bertz CT molecular complexity index is 1680. The number of ether oxygens (including phenoxy) is 4. The summed E-state index contributed by atoms with van der Waals surface area (Å²) in [5, 5.41) is 9.48. The zero-order chi connectivity index (χ0) is 33.5. The average Bonchev–Trinajstić information content (AvgIpc) is 3.47. The summed E-state index contributed by atoms with van der Waals surface area (Å²) in [5.41, 5.74) is 0.00481. The van der Waals surface area contributed by atoms with Gasteiger partial charge in [-0.15, -0.1) is 0 Å². The molecule has 6 rings (SSSR count). The molecule has 2 saturated heterocycles. The average molecular weight is 687 g/mol. The van der Waals surface area contributed by atoms with E-state index in [1.807, 2.05) is 0 Å². The van der Waals surface area contributed by atoms with Gasteiger partial charge >= 0.3 is 6.09 Å². The normalized spacial score (nSPS) is 24.1. The van der Waals surface area contributed by atoms with E-state index in [4.69, 9.17) is 42.1 Å². The Kier molecular flexibility index (Phi) is 9.32. The topological polar surface area (TPSA) is 107 Å². The molecule has 2 amide bonds. The fourth-order valence-electron chi connectivity index (χ4n) is 7.06. The van der Waals surface area contributed by atoms with Gasteiger partial charge in [0.05, 0.1) is 37.0 Å². The number of methoxy groups -OCH3 is 1. The first-order valence-corrected chi connectivity index (χ1v) is 16.4. The second-order valence-corrected chi connectivity index (χ2v) is 14.2. The SMILES string of the molecule is COc1cc(OC2CCOCC2)ccc1NC(=O)O[C@H]1N[C@@H](CC(C)(C)C)[C@@]2(C(=O)Nc3cc(Cl)ccc32)[C@H]1c1cccc(Cl)c1F. The van der Waals surface area contributed by atoms with E-state index in [0.29, 0.717) is 53.1 Å². The largest absolute Gasteiger partial charge is 0.494 e. The van der Waals surface area contributed by atoms with Crippen molar-refractivity contribution in [3.05, 3.63) is 81.6 Å². The van der Waals surface area contributed by atoms with Crippen molar-refractivity contribution in [1.29, 1.82) is 0 Å². The number of benzene rings is 3. The number of carbonyl (C=O) groups excluding carboxylic acids is 2. The highest BCUT2D eigenvalue weighted by Crippen LogP contribution is 2.57. The van der Waals surface area contributed by atoms with Crippen molar-refractivity contribution in [3.8, 4) is 11.5 Å². The van der Waals surface area contributed by atoms with Crippen LogP contribution < -0.4 is 25.4 Å². The summed E-state index contributed by atoms with van der Waals surface area (Å²) in [6.45, 7) is 7.43. The molecule has 3 heterocycles. The standard InChI is InChI=1S/C35H38Cl2FN3O6/c1-34(2,3)18-28-35(23-10-8-19(36)16-26(23)39-32(35)42)29(22-6-5-7-24(37)30(22)38)31(41-28)47-33(43)40-25-11-9-21(17-27(25)44-4)46-20-12-14-45-15-13-20/h5-11,16-17,20,28-29,31,41H,12-15,18H2,1-4H3,(H,39,42)(H,40,43)/t28-,29-,31+,35+/m0/s1. The lowest BCUT2D eigenvalue weighted by molar-refractivity contribution is -0.122. The lowest BCUT2D eigenvalue weighted by Crippen LogP contribution is -2.49. The Morgan fingerprint density at radius 3 is 2.60 bits per heavy atom. The minimum absolute atomic E-state index is 0.0248. The highest BCUT2D eigenvalue weighted by molar-refractivity contribution is 6.31. The van der Waals surface area contributed by atoms with Crippen LogP contribution >= 0.6 is 23.2 Å². The Morgan fingerprint density at radius 2 is 1.87 bits per heavy atom. The van der Waals surface area contributed by atoms with Crippen molar-refractivity contribution in [3.63, 3.8) is 0 Å². The quantitative estimate of drug-likeness (QED) is 0.234. The second-order valence-electron chi connectivity index (χ2n) is 13.4. The van der Waals surface area contributed by atoms with Crippen molar-refractivity contribution in [2.24, 2.45) is 5.41 Å². The number of halogens is 3. The van der Waals surface area contributed by atoms with E-state index in [9.17, 15) is 9.59 Å². The fraction of sp³-hybridized carbons (Fsp3) is 0.429. The summed E-state index contributed by atoms with van der Waals surface area (Å²) in [5.74, 6) is -1.08. The van der Waals surface area contributed by atoms with Crippen LogP contribution in [0.25, 0.3) is 0 Å². The van der Waals surface area contributed by atoms with E-state index in [0.717, 1.165) is 12.8 Å². The molecule has 3 aromatic rings. The first-order valence-electron chi connectivity index (χ1n) is 15.6. The van der Waals surface area contributed by atoms with Gasteiger partial charge in [-0.25, -0.2) is 9.18 Å². The number of hydrogen-bond donors (Lipinski definition) is 3. The van der Waals surface area contributed by atoms with Gasteiger partial charge < -0.3 is 24.3 Å². The fourth-order valence-corrected chi connectivity index (χ4v) is 7.41. The molecule has 0 radical (unpaired) electrons. The summed E-state index contributed by atoms with van der Waals surface area (Å²) >= 11 is 12.6. The van der Waals surface area contributed by atoms with Gasteiger partial charge in [-0.05, 0) is 53.3 Å². The summed E-state index contributed by atoms with van der Waals surface area (Å²) in [4.78, 5) is 27.9. The first kappa shape index (κ1) is 33.3. The van der Waals surface area contributed by atoms with Crippen LogP contribution in [0.15, 0.2) is 54.6 Å². The predicted molar refractivity (Wildman–Crippen MR) is 178 cm³/mol. The number of anilines is 2. The molecule has 1 spiro atoms. The molecule has 3 aromatic carbocycles. The van der Waals surface area contributed by atoms with Gasteiger partial charge in [-0.2, -0.15) is 0 Å². The monoisotopic (exact) mass is 685 g/mol. The molecule has 4 atom stereocenters. The molecule has 12 heteroatoms. The minimum atomic E-state index is -1.37. The van der Waals surface area contributed by atoms with Gasteiger partial charge in [0.25, 0.3) is 0 Å². The van der Waals surface area contributed by atoms with E-state index in [-0.39, 0.29) is 28.0 Å². The molecule has 0 aromatic heterocycles. The first-order chi connectivity index (χ1) is 22.4. The van der Waals surface area contributed by atoms with Crippen LogP contribution in [-0.4, -0.2) is 50.7 Å². The Labute approximate surface area is 283 Å². The lowest BCUT2D eigenvalue weighted by Gasteiger charge is -2.37. The van der Waals surface area contributed by atoms with E-state index in [1.54, 1.807) is 48.5 Å². The summed E-state index contributed by atoms with van der Waals surface area (Å²) in [6, 6.07) is 14.3. The zero-order valence-corrected chi connectivity index (χ0v) is 28.1. The molecule has 3 N–H and O–H groups in total. The van der Waals surface area contributed by atoms with Gasteiger partial charge in [0, 0.05) is 35.7 Å². The van der Waals surface area contributed by atoms with Crippen molar-refractivity contribution in [2.75, 3.05) is 31.0 Å². The summed E-state index contributed by atoms with van der Waals surface area (Å²) < 4.78 is 39.1. The van der Waals surface area contributed by atoms with Crippen LogP contribution in [0.3, 0.4) is 0 Å². The minimum Gasteiger partial charge on any atom is -0.494 e. The third kappa shape index (κ3) is 6.48. The molecule has 9 nitrogen and oxygen atoms in total. The number of hydrogen-bond acceptors (Lipinski definition) is 7. The maximum atomic E-state index is 16.0. The van der Waals surface area contributed by atoms with E-state index in [2.05, 4.69) is 36.7 Å². The van der Waals surface area contributed by atoms with E-state index in [1.165, 1.54) is 13.2 Å². The van der Waals surface area contributed by atoms with Crippen LogP contribution in [0.1, 0.15) is 57.1 Å². The molecular weight excluding hydrogens is 648 g/mol. The summed E-state index contributed by atoms with van der Waals surface area (Å²) in [6.07, 6.45) is 0.120. The molecular formula is C35H38Cl2FN3O6. The molecule has 47 heavy (non-hydrogen) atoms. The van der Waals surface area contributed by atoms with Crippen molar-refractivity contribution in [2.45, 2.75) is 69.7 Å². The smallest absolute Gasteiger partial charge is 0.413 e. The second kappa shape index (κ2) is 13.1. The van der Waals surface area contributed by atoms with E-state index < -0.39 is 35.5 Å². The van der Waals surface area contributed by atoms with Crippen molar-refractivity contribution >= 4 is 46.6 Å². The van der Waals surface area contributed by atoms with Crippen LogP contribution in [-0.2, 0) is 19.7 Å². The predicted octanol–water partition coefficient (Wildman–Crippen LogP) is 7.66. The maximum absolute atomic E-state index is 16.0. The molecule has 0 unspecified atom stereocenters. The molecule has 0 bridgehead atoms. The molecule has 0 aliphatic carbocycles. The Hall–Kier alpha value is -3.57. The number of fused-ring (bicyclic) bond motifs is 2.